The lowest BCUT2D eigenvalue weighted by Gasteiger charge is -2.25. The molecule has 0 spiro atoms. The molecule has 4 aromatic rings. The molecule has 3 heterocycles. The molecule has 1 amide bonds. The van der Waals surface area contributed by atoms with Crippen molar-refractivity contribution in [2.75, 3.05) is 12.8 Å². The Morgan fingerprint density at radius 2 is 1.54 bits per heavy atom. The van der Waals surface area contributed by atoms with Crippen LogP contribution < -0.4 is 5.56 Å². The van der Waals surface area contributed by atoms with Gasteiger partial charge in [-0.3, -0.25) is 9.59 Å². The van der Waals surface area contributed by atoms with Crippen molar-refractivity contribution >= 4 is 28.6 Å². The molecule has 0 saturated carbocycles. The summed E-state index contributed by atoms with van der Waals surface area (Å²) in [4.78, 5) is 33.6. The minimum absolute atomic E-state index is 0.00557. The predicted octanol–water partition coefficient (Wildman–Crippen LogP) is 7.12. The normalized spacial score (nSPS) is 16.1. The topological polar surface area (TPSA) is 55.2 Å². The number of amides is 1. The SMILES string of the molecule is CSc1ccc2c(-c3ccccc3)c3n(c(=O)c2n1)C[C@@H](C)CN(Cc1cc(C(F)(F)F)cc(C(F)(F)F)c1)C3=O. The summed E-state index contributed by atoms with van der Waals surface area (Å²) in [6, 6.07) is 13.5. The lowest BCUT2D eigenvalue weighted by atomic mass is 9.97. The largest absolute Gasteiger partial charge is 0.416 e. The lowest BCUT2D eigenvalue weighted by molar-refractivity contribution is -0.143. The van der Waals surface area contributed by atoms with Crippen LogP contribution >= 0.6 is 11.8 Å². The molecule has 1 atom stereocenters. The van der Waals surface area contributed by atoms with Crippen molar-refractivity contribution in [2.24, 2.45) is 5.92 Å². The van der Waals surface area contributed by atoms with Crippen molar-refractivity contribution in [1.82, 2.24) is 14.5 Å². The molecule has 12 heteroatoms. The van der Waals surface area contributed by atoms with Gasteiger partial charge in [-0.25, -0.2) is 4.98 Å². The third kappa shape index (κ3) is 5.57. The van der Waals surface area contributed by atoms with Crippen LogP contribution in [-0.2, 0) is 25.4 Å². The highest BCUT2D eigenvalue weighted by Gasteiger charge is 2.38. The third-order valence-corrected chi connectivity index (χ3v) is 7.55. The van der Waals surface area contributed by atoms with Crippen LogP contribution in [0.25, 0.3) is 22.0 Å². The Kier molecular flexibility index (Phi) is 7.39. The van der Waals surface area contributed by atoms with Gasteiger partial charge in [0.2, 0.25) is 0 Å². The first-order valence-corrected chi connectivity index (χ1v) is 13.7. The van der Waals surface area contributed by atoms with Crippen molar-refractivity contribution < 1.29 is 31.1 Å². The Bertz CT molecular complexity index is 1670. The number of aromatic nitrogens is 2. The number of hydrogen-bond donors (Lipinski definition) is 0. The molecule has 41 heavy (non-hydrogen) atoms. The van der Waals surface area contributed by atoms with Crippen molar-refractivity contribution in [3.63, 3.8) is 0 Å². The minimum Gasteiger partial charge on any atom is -0.333 e. The van der Waals surface area contributed by atoms with E-state index in [4.69, 9.17) is 0 Å². The fourth-order valence-electron chi connectivity index (χ4n) is 5.15. The van der Waals surface area contributed by atoms with E-state index in [9.17, 15) is 35.9 Å². The van der Waals surface area contributed by atoms with Crippen LogP contribution in [0.15, 0.2) is 70.5 Å². The summed E-state index contributed by atoms with van der Waals surface area (Å²) in [6.45, 7) is 1.35. The Hall–Kier alpha value is -3.80. The molecule has 1 aliphatic heterocycles. The fourth-order valence-corrected chi connectivity index (χ4v) is 5.54. The fraction of sp³-hybridized carbons (Fsp3) is 0.276. The molecule has 0 saturated heterocycles. The van der Waals surface area contributed by atoms with Crippen molar-refractivity contribution in [3.05, 3.63) is 93.4 Å². The van der Waals surface area contributed by atoms with Gasteiger partial charge in [-0.15, -0.1) is 11.8 Å². The van der Waals surface area contributed by atoms with Gasteiger partial charge in [0.1, 0.15) is 11.2 Å². The number of pyridine rings is 2. The second-order valence-corrected chi connectivity index (χ2v) is 10.8. The average Bonchev–Trinajstić information content (AvgIpc) is 3.04. The Morgan fingerprint density at radius 3 is 2.12 bits per heavy atom. The van der Waals surface area contributed by atoms with E-state index < -0.39 is 41.5 Å². The summed E-state index contributed by atoms with van der Waals surface area (Å²) < 4.78 is 82.4. The van der Waals surface area contributed by atoms with Crippen molar-refractivity contribution in [3.8, 4) is 11.1 Å². The number of nitrogens with zero attached hydrogens (tertiary/aromatic N) is 3. The highest BCUT2D eigenvalue weighted by Crippen LogP contribution is 2.38. The molecule has 0 radical (unpaired) electrons. The quantitative estimate of drug-likeness (QED) is 0.188. The first kappa shape index (κ1) is 28.7. The number of rotatable bonds is 4. The Morgan fingerprint density at radius 1 is 0.902 bits per heavy atom. The molecule has 5 nitrogen and oxygen atoms in total. The van der Waals surface area contributed by atoms with Crippen molar-refractivity contribution in [2.45, 2.75) is 37.4 Å². The van der Waals surface area contributed by atoms with E-state index in [0.717, 1.165) is 0 Å². The molecular weight excluding hydrogens is 568 g/mol. The summed E-state index contributed by atoms with van der Waals surface area (Å²) in [5, 5.41) is 1.03. The van der Waals surface area contributed by atoms with Gasteiger partial charge in [-0.2, -0.15) is 26.3 Å². The van der Waals surface area contributed by atoms with Gasteiger partial charge in [-0.05, 0) is 53.6 Å². The minimum atomic E-state index is -5.02. The van der Waals surface area contributed by atoms with Crippen LogP contribution in [0, 0.1) is 5.92 Å². The Labute approximate surface area is 234 Å². The van der Waals surface area contributed by atoms with Gasteiger partial charge in [0, 0.05) is 30.6 Å². The molecular formula is C29H23F6N3O2S. The number of thioether (sulfide) groups is 1. The molecule has 0 unspecified atom stereocenters. The zero-order valence-corrected chi connectivity index (χ0v) is 22.6. The molecule has 0 aliphatic carbocycles. The molecule has 1 aliphatic rings. The second kappa shape index (κ2) is 10.6. The predicted molar refractivity (Wildman–Crippen MR) is 144 cm³/mol. The number of fused-ring (bicyclic) bond motifs is 2. The third-order valence-electron chi connectivity index (χ3n) is 6.90. The molecule has 214 valence electrons. The summed E-state index contributed by atoms with van der Waals surface area (Å²) in [6.07, 6.45) is -8.23. The van der Waals surface area contributed by atoms with E-state index in [1.165, 1.54) is 21.2 Å². The zero-order chi connectivity index (χ0) is 29.7. The first-order chi connectivity index (χ1) is 19.3. The number of alkyl halides is 6. The molecule has 0 bridgehead atoms. The maximum absolute atomic E-state index is 14.2. The maximum Gasteiger partial charge on any atom is 0.416 e. The molecule has 2 aromatic carbocycles. The molecule has 0 fully saturated rings. The number of carbonyl (C=O) groups is 1. The molecule has 0 N–H and O–H groups in total. The number of benzene rings is 2. The van der Waals surface area contributed by atoms with Gasteiger partial charge in [0.25, 0.3) is 11.5 Å². The summed E-state index contributed by atoms with van der Waals surface area (Å²) >= 11 is 1.35. The van der Waals surface area contributed by atoms with E-state index in [1.807, 2.05) is 6.26 Å². The summed E-state index contributed by atoms with van der Waals surface area (Å²) in [7, 11) is 0. The highest BCUT2D eigenvalue weighted by molar-refractivity contribution is 7.98. The van der Waals surface area contributed by atoms with Gasteiger partial charge >= 0.3 is 12.4 Å². The van der Waals surface area contributed by atoms with Gasteiger partial charge in [0.15, 0.2) is 0 Å². The van der Waals surface area contributed by atoms with E-state index in [0.29, 0.717) is 33.7 Å². The van der Waals surface area contributed by atoms with Gasteiger partial charge < -0.3 is 9.47 Å². The lowest BCUT2D eigenvalue weighted by Crippen LogP contribution is -2.34. The Balaban J connectivity index is 1.72. The highest BCUT2D eigenvalue weighted by atomic mass is 32.2. The summed E-state index contributed by atoms with van der Waals surface area (Å²) in [5.41, 5.74) is -2.52. The van der Waals surface area contributed by atoms with Crippen molar-refractivity contribution in [1.29, 1.82) is 0 Å². The zero-order valence-electron chi connectivity index (χ0n) is 21.8. The molecule has 5 rings (SSSR count). The van der Waals surface area contributed by atoms with E-state index >= 15 is 0 Å². The smallest absolute Gasteiger partial charge is 0.333 e. The van der Waals surface area contributed by atoms with Crippen LogP contribution in [-0.4, -0.2) is 33.2 Å². The second-order valence-electron chi connectivity index (χ2n) is 9.96. The standard InChI is InChI=1S/C29H23F6N3O2S/c1-16-13-37(15-17-10-19(28(30,31)32)12-20(11-17)29(33,34)35)27(40)25-23(18-6-4-3-5-7-18)21-8-9-22(41-2)36-24(21)26(39)38(25)14-16/h3-12,16H,13-15H2,1-2H3/t16-/m0/s1. The molecule has 2 aromatic heterocycles. The van der Waals surface area contributed by atoms with Gasteiger partial charge in [-0.1, -0.05) is 37.3 Å². The maximum atomic E-state index is 14.2. The van der Waals surface area contributed by atoms with Crippen LogP contribution in [0.1, 0.15) is 34.1 Å². The number of halogens is 6. The average molecular weight is 592 g/mol. The van der Waals surface area contributed by atoms with Crippen LogP contribution in [0.5, 0.6) is 0 Å². The number of carbonyl (C=O) groups excluding carboxylic acids is 1. The number of hydrogen-bond acceptors (Lipinski definition) is 4. The van der Waals surface area contributed by atoms with E-state index in [2.05, 4.69) is 4.98 Å². The van der Waals surface area contributed by atoms with Crippen LogP contribution in [0.4, 0.5) is 26.3 Å². The first-order valence-electron chi connectivity index (χ1n) is 12.5. The summed E-state index contributed by atoms with van der Waals surface area (Å²) in [5.74, 6) is -1.03. The monoisotopic (exact) mass is 591 g/mol. The van der Waals surface area contributed by atoms with E-state index in [-0.39, 0.29) is 41.8 Å². The van der Waals surface area contributed by atoms with Crippen LogP contribution in [0.3, 0.4) is 0 Å². The van der Waals surface area contributed by atoms with E-state index in [1.54, 1.807) is 49.4 Å². The van der Waals surface area contributed by atoms with Crippen LogP contribution in [0.2, 0.25) is 0 Å². The van der Waals surface area contributed by atoms with Gasteiger partial charge in [0.05, 0.1) is 16.2 Å².